The van der Waals surface area contributed by atoms with Gasteiger partial charge in [0.05, 0.1) is 7.11 Å². The molecule has 1 unspecified atom stereocenters. The van der Waals surface area contributed by atoms with Gasteiger partial charge in [0.15, 0.2) is 5.03 Å². The number of methoxy groups -OCH3 is 1. The zero-order valence-corrected chi connectivity index (χ0v) is 11.0. The highest BCUT2D eigenvalue weighted by molar-refractivity contribution is 7.91. The van der Waals surface area contributed by atoms with Gasteiger partial charge >= 0.3 is 0 Å². The van der Waals surface area contributed by atoms with E-state index in [0.717, 1.165) is 0 Å². The van der Waals surface area contributed by atoms with E-state index in [2.05, 4.69) is 4.98 Å². The average molecular weight is 281 g/mol. The maximum Gasteiger partial charge on any atom is 0.231 e. The molecule has 0 aliphatic carbocycles. The molecule has 0 aliphatic heterocycles. The van der Waals surface area contributed by atoms with Crippen molar-refractivity contribution < 1.29 is 17.5 Å². The van der Waals surface area contributed by atoms with Crippen LogP contribution in [-0.4, -0.2) is 20.5 Å². The third kappa shape index (κ3) is 2.73. The van der Waals surface area contributed by atoms with Crippen LogP contribution in [0.15, 0.2) is 53.7 Å². The Balaban J connectivity index is 2.35. The molecule has 0 spiro atoms. The minimum absolute atomic E-state index is 0.0476. The molecule has 0 N–H and O–H groups in total. The molecule has 0 bridgehead atoms. The highest BCUT2D eigenvalue weighted by Crippen LogP contribution is 2.29. The highest BCUT2D eigenvalue weighted by atomic mass is 32.2. The normalized spacial score (nSPS) is 12.9. The third-order valence-electron chi connectivity index (χ3n) is 2.58. The van der Waals surface area contributed by atoms with E-state index in [1.54, 1.807) is 6.07 Å². The van der Waals surface area contributed by atoms with E-state index in [1.807, 2.05) is 0 Å². The van der Waals surface area contributed by atoms with Crippen LogP contribution in [0.3, 0.4) is 0 Å². The first-order valence-electron chi connectivity index (χ1n) is 5.48. The second kappa shape index (κ2) is 5.36. The molecule has 0 aliphatic rings. The fraction of sp³-hybridized carbons (Fsp3) is 0.154. The lowest BCUT2D eigenvalue weighted by Crippen LogP contribution is -2.11. The molecule has 19 heavy (non-hydrogen) atoms. The first kappa shape index (κ1) is 13.5. The molecule has 6 heteroatoms. The highest BCUT2D eigenvalue weighted by Gasteiger charge is 2.29. The number of sulfone groups is 1. The summed E-state index contributed by atoms with van der Waals surface area (Å²) in [4.78, 5) is 3.68. The summed E-state index contributed by atoms with van der Waals surface area (Å²) >= 11 is 0. The maximum absolute atomic E-state index is 14.2. The van der Waals surface area contributed by atoms with Crippen molar-refractivity contribution in [2.24, 2.45) is 0 Å². The minimum Gasteiger partial charge on any atom is -0.497 e. The molecule has 1 atom stereocenters. The predicted molar refractivity (Wildman–Crippen MR) is 68.3 cm³/mol. The lowest BCUT2D eigenvalue weighted by molar-refractivity contribution is 0.411. The second-order valence-corrected chi connectivity index (χ2v) is 5.72. The monoisotopic (exact) mass is 281 g/mol. The molecular formula is C13H12FNO3S. The Morgan fingerprint density at radius 3 is 2.37 bits per heavy atom. The maximum atomic E-state index is 14.2. The van der Waals surface area contributed by atoms with E-state index in [4.69, 9.17) is 4.74 Å². The summed E-state index contributed by atoms with van der Waals surface area (Å²) in [5.74, 6) is 0.534. The number of hydrogen-bond acceptors (Lipinski definition) is 4. The van der Waals surface area contributed by atoms with Gasteiger partial charge in [0, 0.05) is 11.8 Å². The van der Waals surface area contributed by atoms with Crippen LogP contribution in [0.1, 0.15) is 11.1 Å². The van der Waals surface area contributed by atoms with E-state index in [-0.39, 0.29) is 10.6 Å². The fourth-order valence-electron chi connectivity index (χ4n) is 1.56. The van der Waals surface area contributed by atoms with Crippen molar-refractivity contribution >= 4 is 9.84 Å². The summed E-state index contributed by atoms with van der Waals surface area (Å²) in [5, 5.41) is -0.279. The SMILES string of the molecule is COc1ccc(C(F)S(=O)(=O)c2ccccn2)cc1. The number of rotatable bonds is 4. The van der Waals surface area contributed by atoms with Gasteiger partial charge < -0.3 is 4.74 Å². The minimum atomic E-state index is -4.13. The van der Waals surface area contributed by atoms with Crippen LogP contribution in [-0.2, 0) is 9.84 Å². The number of halogens is 1. The van der Waals surface area contributed by atoms with E-state index >= 15 is 0 Å². The molecule has 0 saturated heterocycles. The number of alkyl halides is 1. The Morgan fingerprint density at radius 1 is 1.16 bits per heavy atom. The Kier molecular flexibility index (Phi) is 3.80. The number of ether oxygens (including phenoxy) is 1. The second-order valence-electron chi connectivity index (χ2n) is 3.80. The zero-order valence-electron chi connectivity index (χ0n) is 10.2. The molecule has 2 aromatic rings. The van der Waals surface area contributed by atoms with Gasteiger partial charge in [-0.25, -0.2) is 17.8 Å². The number of nitrogens with zero attached hydrogens (tertiary/aromatic N) is 1. The van der Waals surface area contributed by atoms with Crippen LogP contribution in [0.5, 0.6) is 5.75 Å². The van der Waals surface area contributed by atoms with Gasteiger partial charge in [-0.15, -0.1) is 0 Å². The first-order valence-corrected chi connectivity index (χ1v) is 7.03. The molecular weight excluding hydrogens is 269 g/mol. The van der Waals surface area contributed by atoms with E-state index in [1.165, 1.54) is 49.7 Å². The average Bonchev–Trinajstić information content (AvgIpc) is 2.47. The predicted octanol–water partition coefficient (Wildman–Crippen LogP) is 2.53. The number of benzene rings is 1. The van der Waals surface area contributed by atoms with Crippen molar-refractivity contribution in [3.63, 3.8) is 0 Å². The van der Waals surface area contributed by atoms with E-state index in [0.29, 0.717) is 5.75 Å². The summed E-state index contributed by atoms with van der Waals surface area (Å²) in [5.41, 5.74) is -2.10. The summed E-state index contributed by atoms with van der Waals surface area (Å²) < 4.78 is 43.1. The van der Waals surface area contributed by atoms with Crippen LogP contribution >= 0.6 is 0 Å². The van der Waals surface area contributed by atoms with Crippen LogP contribution < -0.4 is 4.74 Å². The number of aromatic nitrogens is 1. The molecule has 1 heterocycles. The van der Waals surface area contributed by atoms with Crippen LogP contribution in [0.25, 0.3) is 0 Å². The molecule has 1 aromatic heterocycles. The zero-order chi connectivity index (χ0) is 13.9. The van der Waals surface area contributed by atoms with Crippen LogP contribution in [0, 0.1) is 0 Å². The Hall–Kier alpha value is -1.95. The summed E-state index contributed by atoms with van der Waals surface area (Å²) in [7, 11) is -2.65. The van der Waals surface area contributed by atoms with Gasteiger partial charge in [-0.05, 0) is 24.3 Å². The van der Waals surface area contributed by atoms with Gasteiger partial charge in [-0.2, -0.15) is 0 Å². The quantitative estimate of drug-likeness (QED) is 0.864. The number of hydrogen-bond donors (Lipinski definition) is 0. The van der Waals surface area contributed by atoms with Gasteiger partial charge in [0.25, 0.3) is 0 Å². The molecule has 1 aromatic carbocycles. The van der Waals surface area contributed by atoms with E-state index < -0.39 is 15.3 Å². The van der Waals surface area contributed by atoms with Crippen molar-refractivity contribution in [3.05, 3.63) is 54.2 Å². The van der Waals surface area contributed by atoms with Crippen molar-refractivity contribution in [1.82, 2.24) is 4.98 Å². The van der Waals surface area contributed by atoms with Gasteiger partial charge in [-0.1, -0.05) is 18.2 Å². The molecule has 0 amide bonds. The third-order valence-corrected chi connectivity index (χ3v) is 4.22. The van der Waals surface area contributed by atoms with Crippen molar-refractivity contribution in [2.75, 3.05) is 7.11 Å². The summed E-state index contributed by atoms with van der Waals surface area (Å²) in [6.07, 6.45) is 1.31. The largest absolute Gasteiger partial charge is 0.497 e. The van der Waals surface area contributed by atoms with Gasteiger partial charge in [0.1, 0.15) is 5.75 Å². The molecule has 4 nitrogen and oxygen atoms in total. The first-order chi connectivity index (χ1) is 9.05. The molecule has 100 valence electrons. The van der Waals surface area contributed by atoms with Crippen molar-refractivity contribution in [2.45, 2.75) is 10.5 Å². The summed E-state index contributed by atoms with van der Waals surface area (Å²) in [6.45, 7) is 0. The van der Waals surface area contributed by atoms with Crippen molar-refractivity contribution in [3.8, 4) is 5.75 Å². The van der Waals surface area contributed by atoms with E-state index in [9.17, 15) is 12.8 Å². The van der Waals surface area contributed by atoms with Crippen LogP contribution in [0.4, 0.5) is 4.39 Å². The summed E-state index contributed by atoms with van der Waals surface area (Å²) in [6, 6.07) is 10.1. The Labute approximate surface area is 110 Å². The lowest BCUT2D eigenvalue weighted by atomic mass is 10.2. The Morgan fingerprint density at radius 2 is 1.84 bits per heavy atom. The van der Waals surface area contributed by atoms with Crippen LogP contribution in [0.2, 0.25) is 0 Å². The Bertz CT molecular complexity index is 641. The van der Waals surface area contributed by atoms with Gasteiger partial charge in [0.2, 0.25) is 15.3 Å². The van der Waals surface area contributed by atoms with Gasteiger partial charge in [-0.3, -0.25) is 0 Å². The molecule has 0 radical (unpaired) electrons. The molecule has 0 fully saturated rings. The standard InChI is InChI=1S/C13H12FNO3S/c1-18-11-7-5-10(6-8-11)13(14)19(16,17)12-4-2-3-9-15-12/h2-9,13H,1H3. The lowest BCUT2D eigenvalue weighted by Gasteiger charge is -2.10. The molecule has 2 rings (SSSR count). The van der Waals surface area contributed by atoms with Crippen molar-refractivity contribution in [1.29, 1.82) is 0 Å². The topological polar surface area (TPSA) is 56.3 Å². The smallest absolute Gasteiger partial charge is 0.231 e. The fourth-order valence-corrected chi connectivity index (χ4v) is 2.76. The number of pyridine rings is 1. The molecule has 0 saturated carbocycles.